The standard InChI is InChI=1S/C21H18ClN3O2/c1-15(24-25-21(26)17-6-4-12-23-13-17)16-8-10-19(11-9-16)27-14-18-5-2-3-7-20(18)22/h2-13H,14H2,1H3,(H,25,26)/b24-15+. The second-order valence-corrected chi connectivity index (χ2v) is 6.19. The number of halogens is 1. The van der Waals surface area contributed by atoms with Gasteiger partial charge in [-0.2, -0.15) is 5.10 Å². The summed E-state index contributed by atoms with van der Waals surface area (Å²) in [6.45, 7) is 2.22. The van der Waals surface area contributed by atoms with Gasteiger partial charge in [0.2, 0.25) is 0 Å². The predicted molar refractivity (Wildman–Crippen MR) is 106 cm³/mol. The van der Waals surface area contributed by atoms with Crippen LogP contribution in [0, 0.1) is 0 Å². The molecular weight excluding hydrogens is 362 g/mol. The van der Waals surface area contributed by atoms with Gasteiger partial charge in [0.15, 0.2) is 0 Å². The van der Waals surface area contributed by atoms with E-state index in [1.165, 1.54) is 6.20 Å². The number of nitrogens with one attached hydrogen (secondary N) is 1. The molecule has 6 heteroatoms. The Morgan fingerprint density at radius 1 is 1.07 bits per heavy atom. The third-order valence-electron chi connectivity index (χ3n) is 3.87. The number of hydrogen-bond donors (Lipinski definition) is 1. The quantitative estimate of drug-likeness (QED) is 0.507. The number of ether oxygens (including phenoxy) is 1. The monoisotopic (exact) mass is 379 g/mol. The largest absolute Gasteiger partial charge is 0.489 e. The van der Waals surface area contributed by atoms with Crippen LogP contribution in [-0.4, -0.2) is 16.6 Å². The fourth-order valence-electron chi connectivity index (χ4n) is 2.33. The highest BCUT2D eigenvalue weighted by atomic mass is 35.5. The third-order valence-corrected chi connectivity index (χ3v) is 4.24. The Kier molecular flexibility index (Phi) is 6.18. The lowest BCUT2D eigenvalue weighted by Gasteiger charge is -2.08. The fraction of sp³-hybridized carbons (Fsp3) is 0.0952. The molecule has 136 valence electrons. The van der Waals surface area contributed by atoms with E-state index in [-0.39, 0.29) is 5.91 Å². The van der Waals surface area contributed by atoms with Crippen molar-refractivity contribution in [2.24, 2.45) is 5.10 Å². The Morgan fingerprint density at radius 2 is 1.85 bits per heavy atom. The van der Waals surface area contributed by atoms with E-state index < -0.39 is 0 Å². The van der Waals surface area contributed by atoms with E-state index in [0.29, 0.717) is 22.9 Å². The molecule has 0 bridgehead atoms. The van der Waals surface area contributed by atoms with Gasteiger partial charge in [-0.1, -0.05) is 29.8 Å². The molecule has 27 heavy (non-hydrogen) atoms. The summed E-state index contributed by atoms with van der Waals surface area (Å²) < 4.78 is 5.76. The first-order chi connectivity index (χ1) is 13.1. The second-order valence-electron chi connectivity index (χ2n) is 5.78. The number of aromatic nitrogens is 1. The van der Waals surface area contributed by atoms with Gasteiger partial charge in [0.05, 0.1) is 11.3 Å². The summed E-state index contributed by atoms with van der Waals surface area (Å²) in [5.74, 6) is 0.424. The minimum absolute atomic E-state index is 0.304. The Labute approximate surface area is 162 Å². The van der Waals surface area contributed by atoms with Gasteiger partial charge in [-0.15, -0.1) is 0 Å². The van der Waals surface area contributed by atoms with Crippen LogP contribution in [0.25, 0.3) is 0 Å². The van der Waals surface area contributed by atoms with Gasteiger partial charge in [-0.3, -0.25) is 9.78 Å². The zero-order valence-electron chi connectivity index (χ0n) is 14.7. The lowest BCUT2D eigenvalue weighted by Crippen LogP contribution is -2.19. The lowest BCUT2D eigenvalue weighted by molar-refractivity contribution is 0.0954. The highest BCUT2D eigenvalue weighted by Gasteiger charge is 2.05. The van der Waals surface area contributed by atoms with E-state index in [0.717, 1.165) is 16.9 Å². The molecule has 1 N–H and O–H groups in total. The Hall–Kier alpha value is -3.18. The van der Waals surface area contributed by atoms with Crippen molar-refractivity contribution in [1.82, 2.24) is 10.4 Å². The van der Waals surface area contributed by atoms with Gasteiger partial charge in [0.25, 0.3) is 5.91 Å². The van der Waals surface area contributed by atoms with Crippen molar-refractivity contribution < 1.29 is 9.53 Å². The number of hydrogen-bond acceptors (Lipinski definition) is 4. The minimum atomic E-state index is -0.304. The highest BCUT2D eigenvalue weighted by Crippen LogP contribution is 2.19. The maximum absolute atomic E-state index is 12.0. The van der Waals surface area contributed by atoms with E-state index in [9.17, 15) is 4.79 Å². The van der Waals surface area contributed by atoms with Crippen LogP contribution in [0.2, 0.25) is 5.02 Å². The molecule has 0 aliphatic carbocycles. The summed E-state index contributed by atoms with van der Waals surface area (Å²) in [7, 11) is 0. The summed E-state index contributed by atoms with van der Waals surface area (Å²) >= 11 is 6.13. The summed E-state index contributed by atoms with van der Waals surface area (Å²) in [5.41, 5.74) is 5.48. The third kappa shape index (κ3) is 5.15. The Bertz CT molecular complexity index is 941. The number of benzene rings is 2. The molecule has 0 saturated heterocycles. The molecule has 1 heterocycles. The fourth-order valence-corrected chi connectivity index (χ4v) is 2.52. The van der Waals surface area contributed by atoms with Gasteiger partial charge in [-0.05, 0) is 55.0 Å². The number of rotatable bonds is 6. The molecule has 0 saturated carbocycles. The van der Waals surface area contributed by atoms with Crippen molar-refractivity contribution in [1.29, 1.82) is 0 Å². The molecule has 1 aromatic heterocycles. The topological polar surface area (TPSA) is 63.6 Å². The molecule has 0 radical (unpaired) electrons. The number of pyridine rings is 1. The van der Waals surface area contributed by atoms with E-state index >= 15 is 0 Å². The summed E-state index contributed by atoms with van der Waals surface area (Å²) in [6, 6.07) is 18.4. The summed E-state index contributed by atoms with van der Waals surface area (Å²) in [6.07, 6.45) is 3.10. The molecular formula is C21H18ClN3O2. The zero-order chi connectivity index (χ0) is 19.1. The number of nitrogens with zero attached hydrogens (tertiary/aromatic N) is 2. The number of hydrazone groups is 1. The van der Waals surface area contributed by atoms with Crippen LogP contribution in [0.5, 0.6) is 5.75 Å². The summed E-state index contributed by atoms with van der Waals surface area (Å²) in [4.78, 5) is 15.9. The van der Waals surface area contributed by atoms with Gasteiger partial charge in [0, 0.05) is 23.0 Å². The molecule has 0 spiro atoms. The molecule has 1 amide bonds. The van der Waals surface area contributed by atoms with E-state index in [1.54, 1.807) is 18.3 Å². The van der Waals surface area contributed by atoms with Gasteiger partial charge < -0.3 is 4.74 Å². The van der Waals surface area contributed by atoms with Crippen LogP contribution < -0.4 is 10.2 Å². The van der Waals surface area contributed by atoms with Gasteiger partial charge >= 0.3 is 0 Å². The van der Waals surface area contributed by atoms with Crippen LogP contribution in [0.4, 0.5) is 0 Å². The molecule has 3 rings (SSSR count). The van der Waals surface area contributed by atoms with Crippen molar-refractivity contribution >= 4 is 23.2 Å². The second kappa shape index (κ2) is 8.96. The first-order valence-corrected chi connectivity index (χ1v) is 8.72. The average molecular weight is 380 g/mol. The molecule has 5 nitrogen and oxygen atoms in total. The normalized spacial score (nSPS) is 11.1. The first kappa shape index (κ1) is 18.6. The van der Waals surface area contributed by atoms with Crippen molar-refractivity contribution in [3.63, 3.8) is 0 Å². The molecule has 0 atom stereocenters. The SMILES string of the molecule is C/C(=N\NC(=O)c1cccnc1)c1ccc(OCc2ccccc2Cl)cc1. The Morgan fingerprint density at radius 3 is 2.56 bits per heavy atom. The minimum Gasteiger partial charge on any atom is -0.489 e. The van der Waals surface area contributed by atoms with Gasteiger partial charge in [-0.25, -0.2) is 5.43 Å². The van der Waals surface area contributed by atoms with Crippen LogP contribution in [0.3, 0.4) is 0 Å². The zero-order valence-corrected chi connectivity index (χ0v) is 15.5. The van der Waals surface area contributed by atoms with E-state index in [2.05, 4.69) is 15.5 Å². The number of carbonyl (C=O) groups excluding carboxylic acids is 1. The summed E-state index contributed by atoms with van der Waals surface area (Å²) in [5, 5.41) is 4.82. The van der Waals surface area contributed by atoms with Crippen molar-refractivity contribution in [2.45, 2.75) is 13.5 Å². The smallest absolute Gasteiger partial charge is 0.272 e. The average Bonchev–Trinajstić information content (AvgIpc) is 2.72. The van der Waals surface area contributed by atoms with E-state index in [1.807, 2.05) is 55.5 Å². The maximum Gasteiger partial charge on any atom is 0.272 e. The molecule has 3 aromatic rings. The first-order valence-electron chi connectivity index (χ1n) is 8.35. The van der Waals surface area contributed by atoms with Crippen molar-refractivity contribution in [3.05, 3.63) is 94.8 Å². The van der Waals surface area contributed by atoms with Crippen LogP contribution >= 0.6 is 11.6 Å². The Balaban J connectivity index is 1.59. The lowest BCUT2D eigenvalue weighted by atomic mass is 10.1. The predicted octanol–water partition coefficient (Wildman–Crippen LogP) is 4.47. The van der Waals surface area contributed by atoms with E-state index in [4.69, 9.17) is 16.3 Å². The molecule has 0 unspecified atom stereocenters. The molecule has 2 aromatic carbocycles. The van der Waals surface area contributed by atoms with Crippen LogP contribution in [0.15, 0.2) is 78.2 Å². The van der Waals surface area contributed by atoms with Crippen molar-refractivity contribution in [2.75, 3.05) is 0 Å². The van der Waals surface area contributed by atoms with Crippen LogP contribution in [-0.2, 0) is 6.61 Å². The number of carbonyl (C=O) groups is 1. The van der Waals surface area contributed by atoms with Crippen molar-refractivity contribution in [3.8, 4) is 5.75 Å². The number of amides is 1. The van der Waals surface area contributed by atoms with Crippen LogP contribution in [0.1, 0.15) is 28.4 Å². The van der Waals surface area contributed by atoms with Gasteiger partial charge in [0.1, 0.15) is 12.4 Å². The molecule has 0 aliphatic rings. The maximum atomic E-state index is 12.0. The highest BCUT2D eigenvalue weighted by molar-refractivity contribution is 6.31. The molecule has 0 fully saturated rings. The molecule has 0 aliphatic heterocycles.